The van der Waals surface area contributed by atoms with Gasteiger partial charge in [-0.05, 0) is 55.2 Å². The molecule has 0 saturated heterocycles. The van der Waals surface area contributed by atoms with Crippen molar-refractivity contribution in [2.45, 2.75) is 40.2 Å². The molecule has 2 aromatic rings. The van der Waals surface area contributed by atoms with Crippen LogP contribution in [0.15, 0.2) is 52.3 Å². The minimum atomic E-state index is -4.70. The summed E-state index contributed by atoms with van der Waals surface area (Å²) < 4.78 is 129. The Hall–Kier alpha value is -1.83. The molecule has 1 N–H and O–H groups in total. The van der Waals surface area contributed by atoms with Crippen LogP contribution in [0.3, 0.4) is 0 Å². The minimum Gasteiger partial charge on any atom is -0.223 e. The van der Waals surface area contributed by atoms with E-state index in [1.54, 1.807) is 0 Å². The van der Waals surface area contributed by atoms with E-state index in [1.807, 2.05) is 0 Å². The number of rotatable bonds is 6. The van der Waals surface area contributed by atoms with E-state index in [0.717, 1.165) is 24.3 Å². The summed E-state index contributed by atoms with van der Waals surface area (Å²) in [5, 5.41) is -1.61. The van der Waals surface area contributed by atoms with Crippen LogP contribution in [0.5, 0.6) is 0 Å². The topological polar surface area (TPSA) is 80.3 Å². The molecule has 0 spiro atoms. The molecular formula is C19H16ClF6NO4S2. The van der Waals surface area contributed by atoms with Gasteiger partial charge in [0.1, 0.15) is 4.90 Å². The molecule has 0 aromatic heterocycles. The Balaban J connectivity index is 1.64. The van der Waals surface area contributed by atoms with E-state index in [2.05, 4.69) is 4.72 Å². The van der Waals surface area contributed by atoms with E-state index in [0.29, 0.717) is 18.2 Å². The minimum absolute atomic E-state index is 0.00183. The summed E-state index contributed by atoms with van der Waals surface area (Å²) in [5.41, 5.74) is -2.21. The molecule has 0 amide bonds. The van der Waals surface area contributed by atoms with Crippen LogP contribution in [-0.4, -0.2) is 28.6 Å². The molecule has 0 radical (unpaired) electrons. The summed E-state index contributed by atoms with van der Waals surface area (Å²) in [6, 6.07) is 5.14. The van der Waals surface area contributed by atoms with Gasteiger partial charge in [-0.15, -0.1) is 0 Å². The Morgan fingerprint density at radius 1 is 0.879 bits per heavy atom. The van der Waals surface area contributed by atoms with Gasteiger partial charge in [-0.3, -0.25) is 0 Å². The molecule has 2 aromatic carbocycles. The number of sulfone groups is 1. The highest BCUT2D eigenvalue weighted by Crippen LogP contribution is 2.38. The normalized spacial score (nSPS) is 19.8. The Kier molecular flexibility index (Phi) is 6.84. The van der Waals surface area contributed by atoms with Crippen LogP contribution in [0, 0.1) is 5.92 Å². The van der Waals surface area contributed by atoms with Crippen LogP contribution < -0.4 is 4.72 Å². The van der Waals surface area contributed by atoms with Crippen LogP contribution in [0.25, 0.3) is 0 Å². The first-order valence-electron chi connectivity index (χ1n) is 9.29. The largest absolute Gasteiger partial charge is 0.416 e. The predicted octanol–water partition coefficient (Wildman–Crippen LogP) is 4.91. The first-order chi connectivity index (χ1) is 15.0. The van der Waals surface area contributed by atoms with Gasteiger partial charge in [0.2, 0.25) is 10.0 Å². The Morgan fingerprint density at radius 2 is 1.45 bits per heavy atom. The maximum absolute atomic E-state index is 12.9. The lowest BCUT2D eigenvalue weighted by Crippen LogP contribution is -2.42. The molecule has 3 rings (SSSR count). The summed E-state index contributed by atoms with van der Waals surface area (Å²) in [4.78, 5) is -1.04. The molecule has 0 unspecified atom stereocenters. The van der Waals surface area contributed by atoms with Gasteiger partial charge >= 0.3 is 12.4 Å². The van der Waals surface area contributed by atoms with Gasteiger partial charge in [0.05, 0.1) is 26.3 Å². The molecular weight excluding hydrogens is 520 g/mol. The molecule has 0 heterocycles. The molecule has 1 saturated carbocycles. The summed E-state index contributed by atoms with van der Waals surface area (Å²) >= 11 is 5.70. The van der Waals surface area contributed by atoms with Gasteiger partial charge in [-0.1, -0.05) is 17.7 Å². The van der Waals surface area contributed by atoms with Crippen molar-refractivity contribution >= 4 is 31.5 Å². The zero-order valence-corrected chi connectivity index (χ0v) is 18.8. The van der Waals surface area contributed by atoms with Crippen molar-refractivity contribution in [2.24, 2.45) is 5.92 Å². The number of hydrogen-bond donors (Lipinski definition) is 1. The number of sulfonamides is 1. The number of hydrogen-bond acceptors (Lipinski definition) is 4. The zero-order valence-electron chi connectivity index (χ0n) is 16.4. The van der Waals surface area contributed by atoms with E-state index >= 15 is 0 Å². The summed E-state index contributed by atoms with van der Waals surface area (Å²) in [7, 11) is -8.33. The van der Waals surface area contributed by atoms with Crippen molar-refractivity contribution in [2.75, 3.05) is 6.54 Å². The second kappa shape index (κ2) is 8.75. The Labute approximate surface area is 190 Å². The van der Waals surface area contributed by atoms with E-state index in [4.69, 9.17) is 11.6 Å². The van der Waals surface area contributed by atoms with Gasteiger partial charge in [-0.2, -0.15) is 26.3 Å². The van der Waals surface area contributed by atoms with Crippen LogP contribution in [-0.2, 0) is 32.2 Å². The van der Waals surface area contributed by atoms with Gasteiger partial charge < -0.3 is 0 Å². The smallest absolute Gasteiger partial charge is 0.223 e. The lowest BCUT2D eigenvalue weighted by atomic mass is 9.85. The monoisotopic (exact) mass is 535 g/mol. The number of halogens is 7. The third-order valence-electron chi connectivity index (χ3n) is 5.23. The van der Waals surface area contributed by atoms with Crippen LogP contribution >= 0.6 is 11.6 Å². The molecule has 0 bridgehead atoms. The molecule has 182 valence electrons. The third kappa shape index (κ3) is 5.64. The second-order valence-electron chi connectivity index (χ2n) is 7.52. The second-order valence-corrected chi connectivity index (χ2v) is 11.9. The first-order valence-corrected chi connectivity index (χ1v) is 12.7. The lowest BCUT2D eigenvalue weighted by molar-refractivity contribution is -0.138. The molecule has 1 aliphatic rings. The Bertz CT molecular complexity index is 1250. The fourth-order valence-electron chi connectivity index (χ4n) is 3.34. The maximum atomic E-state index is 12.9. The summed E-state index contributed by atoms with van der Waals surface area (Å²) in [6.07, 6.45) is -9.40. The fraction of sp³-hybridized carbons (Fsp3) is 0.368. The van der Waals surface area contributed by atoms with Crippen molar-refractivity contribution in [3.63, 3.8) is 0 Å². The Morgan fingerprint density at radius 3 is 2.00 bits per heavy atom. The zero-order chi connectivity index (χ0) is 24.8. The number of nitrogens with one attached hydrogen (secondary N) is 1. The molecule has 5 nitrogen and oxygen atoms in total. The average molecular weight is 536 g/mol. The lowest BCUT2D eigenvalue weighted by Gasteiger charge is -2.35. The summed E-state index contributed by atoms with van der Waals surface area (Å²) in [5.74, 6) is -0.432. The SMILES string of the molecule is O=S(=O)(NC[C@H]1C[C@H](S(=O)(=O)c2cccc(C(F)(F)F)c2)C1)c1ccc(C(F)(F)F)cc1Cl. The van der Waals surface area contributed by atoms with E-state index in [-0.39, 0.29) is 19.4 Å². The molecule has 1 aliphatic carbocycles. The van der Waals surface area contributed by atoms with Crippen molar-refractivity contribution in [1.29, 1.82) is 0 Å². The third-order valence-corrected chi connectivity index (χ3v) is 9.31. The summed E-state index contributed by atoms with van der Waals surface area (Å²) in [6.45, 7) is -0.214. The standard InChI is InChI=1S/C19H16ClF6NO4S2/c20-16-9-13(19(24,25)26)4-5-17(16)33(30,31)27-10-11-6-15(7-11)32(28,29)14-3-1-2-12(8-14)18(21,22)23/h1-5,8-9,11,15,27H,6-7,10H2/t11-,15-. The molecule has 33 heavy (non-hydrogen) atoms. The van der Waals surface area contributed by atoms with Crippen molar-refractivity contribution in [1.82, 2.24) is 4.72 Å². The van der Waals surface area contributed by atoms with Crippen LogP contribution in [0.4, 0.5) is 26.3 Å². The molecule has 0 atom stereocenters. The van der Waals surface area contributed by atoms with E-state index in [1.165, 1.54) is 0 Å². The molecule has 0 aliphatic heterocycles. The fourth-order valence-corrected chi connectivity index (χ4v) is 6.99. The van der Waals surface area contributed by atoms with Crippen LogP contribution in [0.1, 0.15) is 24.0 Å². The highest BCUT2D eigenvalue weighted by molar-refractivity contribution is 7.92. The maximum Gasteiger partial charge on any atom is 0.416 e. The van der Waals surface area contributed by atoms with Crippen molar-refractivity contribution in [3.8, 4) is 0 Å². The van der Waals surface area contributed by atoms with Crippen LogP contribution in [0.2, 0.25) is 5.02 Å². The quantitative estimate of drug-likeness (QED) is 0.533. The molecule has 1 fully saturated rings. The highest BCUT2D eigenvalue weighted by atomic mass is 35.5. The number of benzene rings is 2. The average Bonchev–Trinajstić information content (AvgIpc) is 2.65. The van der Waals surface area contributed by atoms with Crippen molar-refractivity contribution in [3.05, 3.63) is 58.6 Å². The van der Waals surface area contributed by atoms with Gasteiger partial charge in [0.25, 0.3) is 0 Å². The first kappa shape index (κ1) is 25.8. The predicted molar refractivity (Wildman–Crippen MR) is 107 cm³/mol. The van der Waals surface area contributed by atoms with Gasteiger partial charge in [0, 0.05) is 6.54 Å². The highest BCUT2D eigenvalue weighted by Gasteiger charge is 2.41. The van der Waals surface area contributed by atoms with Crippen molar-refractivity contribution < 1.29 is 43.2 Å². The van der Waals surface area contributed by atoms with Gasteiger partial charge in [0.15, 0.2) is 9.84 Å². The number of alkyl halides is 6. The van der Waals surface area contributed by atoms with E-state index in [9.17, 15) is 43.2 Å². The molecule has 14 heteroatoms. The van der Waals surface area contributed by atoms with E-state index < -0.39 is 69.3 Å². The van der Waals surface area contributed by atoms with Gasteiger partial charge in [-0.25, -0.2) is 21.6 Å².